The van der Waals surface area contributed by atoms with Gasteiger partial charge < -0.3 is 9.84 Å². The lowest BCUT2D eigenvalue weighted by Crippen LogP contribution is -2.19. The highest BCUT2D eigenvalue weighted by molar-refractivity contribution is 5.85. The summed E-state index contributed by atoms with van der Waals surface area (Å²) >= 11 is 0. The summed E-state index contributed by atoms with van der Waals surface area (Å²) < 4.78 is 8.84. The Bertz CT molecular complexity index is 1020. The van der Waals surface area contributed by atoms with Crippen LogP contribution in [0, 0.1) is 6.92 Å². The predicted octanol–water partition coefficient (Wildman–Crippen LogP) is 3.73. The first-order valence-electron chi connectivity index (χ1n) is 8.86. The number of aromatic nitrogens is 2. The van der Waals surface area contributed by atoms with Gasteiger partial charge in [0.15, 0.2) is 5.69 Å². The molecule has 6 heteroatoms. The zero-order valence-corrected chi connectivity index (χ0v) is 15.7. The predicted molar refractivity (Wildman–Crippen MR) is 107 cm³/mol. The van der Waals surface area contributed by atoms with E-state index in [1.54, 1.807) is 27.6 Å². The Labute approximate surface area is 158 Å². The molecule has 0 saturated heterocycles. The molecule has 2 aromatic carbocycles. The fourth-order valence-electron chi connectivity index (χ4n) is 2.78. The number of hydrogen-bond acceptors (Lipinski definition) is 4. The molecular formula is C21H23N3O3. The summed E-state index contributed by atoms with van der Waals surface area (Å²) in [5.41, 5.74) is 2.16. The lowest BCUT2D eigenvalue weighted by Gasteiger charge is -2.07. The molecule has 3 rings (SSSR count). The number of aliphatic imine (C=N–C) groups is 1. The standard InChI is InChI=1S/C21H23N3O3/c1-4-12-27-18-11-10-16(19(25)13-18)14-22-20-15(2)23(3)24(21(20)26)17-8-6-5-7-9-17/h5-11,13-14,25H,4,12H2,1-3H3. The Morgan fingerprint density at radius 3 is 2.59 bits per heavy atom. The van der Waals surface area contributed by atoms with E-state index in [9.17, 15) is 9.90 Å². The van der Waals surface area contributed by atoms with Crippen LogP contribution in [0.25, 0.3) is 5.69 Å². The van der Waals surface area contributed by atoms with Gasteiger partial charge in [0, 0.05) is 24.9 Å². The molecule has 1 N–H and O–H groups in total. The van der Waals surface area contributed by atoms with Crippen LogP contribution in [-0.2, 0) is 7.05 Å². The lowest BCUT2D eigenvalue weighted by molar-refractivity contribution is 0.315. The topological polar surface area (TPSA) is 68.8 Å². The van der Waals surface area contributed by atoms with Crippen molar-refractivity contribution < 1.29 is 9.84 Å². The smallest absolute Gasteiger partial charge is 0.297 e. The van der Waals surface area contributed by atoms with Crippen LogP contribution in [0.1, 0.15) is 24.6 Å². The zero-order chi connectivity index (χ0) is 19.4. The molecule has 27 heavy (non-hydrogen) atoms. The number of phenolic OH excluding ortho intramolecular Hbond substituents is 1. The van der Waals surface area contributed by atoms with Gasteiger partial charge in [0.25, 0.3) is 5.56 Å². The Hall–Kier alpha value is -3.28. The van der Waals surface area contributed by atoms with Crippen LogP contribution in [0.15, 0.2) is 58.3 Å². The van der Waals surface area contributed by atoms with Gasteiger partial charge >= 0.3 is 0 Å². The van der Waals surface area contributed by atoms with E-state index in [1.807, 2.05) is 51.2 Å². The molecule has 0 atom stereocenters. The third-order valence-electron chi connectivity index (χ3n) is 4.33. The van der Waals surface area contributed by atoms with Crippen molar-refractivity contribution in [3.05, 3.63) is 70.1 Å². The molecular weight excluding hydrogens is 342 g/mol. The minimum absolute atomic E-state index is 0.0596. The summed E-state index contributed by atoms with van der Waals surface area (Å²) in [5.74, 6) is 0.665. The third-order valence-corrected chi connectivity index (χ3v) is 4.33. The minimum atomic E-state index is -0.208. The molecule has 0 bridgehead atoms. The van der Waals surface area contributed by atoms with Gasteiger partial charge in [-0.2, -0.15) is 0 Å². The van der Waals surface area contributed by atoms with Gasteiger partial charge in [-0.3, -0.25) is 9.48 Å². The summed E-state index contributed by atoms with van der Waals surface area (Å²) in [6.45, 7) is 4.45. The van der Waals surface area contributed by atoms with Gasteiger partial charge in [-0.1, -0.05) is 25.1 Å². The fraction of sp³-hybridized carbons (Fsp3) is 0.238. The highest BCUT2D eigenvalue weighted by Crippen LogP contribution is 2.23. The molecule has 1 heterocycles. The fourth-order valence-corrected chi connectivity index (χ4v) is 2.78. The van der Waals surface area contributed by atoms with Gasteiger partial charge in [-0.15, -0.1) is 0 Å². The number of nitrogens with zero attached hydrogens (tertiary/aromatic N) is 3. The number of para-hydroxylation sites is 1. The molecule has 0 aliphatic rings. The van der Waals surface area contributed by atoms with Crippen LogP contribution < -0.4 is 10.3 Å². The SMILES string of the molecule is CCCOc1ccc(C=Nc2c(C)n(C)n(-c3ccccc3)c2=O)c(O)c1. The maximum absolute atomic E-state index is 12.8. The van der Waals surface area contributed by atoms with Crippen LogP contribution in [0.4, 0.5) is 5.69 Å². The first-order chi connectivity index (χ1) is 13.0. The lowest BCUT2D eigenvalue weighted by atomic mass is 10.2. The highest BCUT2D eigenvalue weighted by atomic mass is 16.5. The molecule has 0 spiro atoms. The molecule has 1 aromatic heterocycles. The van der Waals surface area contributed by atoms with Gasteiger partial charge in [0.05, 0.1) is 18.0 Å². The van der Waals surface area contributed by atoms with Crippen LogP contribution in [-0.4, -0.2) is 27.3 Å². The number of rotatable bonds is 6. The molecule has 140 valence electrons. The number of phenols is 1. The van der Waals surface area contributed by atoms with Crippen molar-refractivity contribution in [3.8, 4) is 17.2 Å². The molecule has 0 aliphatic carbocycles. The Balaban J connectivity index is 1.94. The van der Waals surface area contributed by atoms with Crippen molar-refractivity contribution in [2.24, 2.45) is 12.0 Å². The quantitative estimate of drug-likeness (QED) is 0.677. The number of hydrogen-bond donors (Lipinski definition) is 1. The first kappa shape index (κ1) is 18.5. The van der Waals surface area contributed by atoms with Gasteiger partial charge in [-0.25, -0.2) is 9.67 Å². The molecule has 0 saturated carbocycles. The second-order valence-electron chi connectivity index (χ2n) is 6.24. The van der Waals surface area contributed by atoms with Crippen molar-refractivity contribution in [2.75, 3.05) is 6.61 Å². The van der Waals surface area contributed by atoms with E-state index in [0.29, 0.717) is 23.6 Å². The van der Waals surface area contributed by atoms with Gasteiger partial charge in [-0.05, 0) is 37.6 Å². The maximum atomic E-state index is 12.8. The molecule has 0 fully saturated rings. The van der Waals surface area contributed by atoms with Crippen molar-refractivity contribution in [3.63, 3.8) is 0 Å². The summed E-state index contributed by atoms with van der Waals surface area (Å²) in [6.07, 6.45) is 2.39. The summed E-state index contributed by atoms with van der Waals surface area (Å²) in [4.78, 5) is 17.2. The second kappa shape index (κ2) is 7.95. The Morgan fingerprint density at radius 2 is 1.93 bits per heavy atom. The van der Waals surface area contributed by atoms with Crippen molar-refractivity contribution in [1.29, 1.82) is 0 Å². The summed E-state index contributed by atoms with van der Waals surface area (Å²) in [5, 5.41) is 10.2. The van der Waals surface area contributed by atoms with Crippen LogP contribution in [0.5, 0.6) is 11.5 Å². The van der Waals surface area contributed by atoms with E-state index >= 15 is 0 Å². The Kier molecular flexibility index (Phi) is 5.45. The summed E-state index contributed by atoms with van der Waals surface area (Å²) in [7, 11) is 1.82. The third kappa shape index (κ3) is 3.79. The highest BCUT2D eigenvalue weighted by Gasteiger charge is 2.15. The Morgan fingerprint density at radius 1 is 1.19 bits per heavy atom. The van der Waals surface area contributed by atoms with Crippen molar-refractivity contribution >= 4 is 11.9 Å². The van der Waals surface area contributed by atoms with Crippen molar-refractivity contribution in [1.82, 2.24) is 9.36 Å². The van der Waals surface area contributed by atoms with E-state index in [4.69, 9.17) is 4.74 Å². The largest absolute Gasteiger partial charge is 0.507 e. The van der Waals surface area contributed by atoms with E-state index in [2.05, 4.69) is 4.99 Å². The number of benzene rings is 2. The molecule has 0 unspecified atom stereocenters. The van der Waals surface area contributed by atoms with Gasteiger partial charge in [0.2, 0.25) is 0 Å². The van der Waals surface area contributed by atoms with E-state index in [-0.39, 0.29) is 11.3 Å². The molecule has 6 nitrogen and oxygen atoms in total. The average molecular weight is 365 g/mol. The molecule has 0 aliphatic heterocycles. The first-order valence-corrected chi connectivity index (χ1v) is 8.86. The molecule has 3 aromatic rings. The van der Waals surface area contributed by atoms with Crippen LogP contribution >= 0.6 is 0 Å². The normalized spacial score (nSPS) is 11.2. The second-order valence-corrected chi connectivity index (χ2v) is 6.24. The zero-order valence-electron chi connectivity index (χ0n) is 15.7. The molecule has 0 amide bonds. The van der Waals surface area contributed by atoms with Gasteiger partial charge in [0.1, 0.15) is 11.5 Å². The monoisotopic (exact) mass is 365 g/mol. The van der Waals surface area contributed by atoms with Crippen LogP contribution in [0.2, 0.25) is 0 Å². The number of aromatic hydroxyl groups is 1. The van der Waals surface area contributed by atoms with Crippen LogP contribution in [0.3, 0.4) is 0 Å². The van der Waals surface area contributed by atoms with E-state index in [0.717, 1.165) is 17.8 Å². The average Bonchev–Trinajstić information content (AvgIpc) is 2.89. The van der Waals surface area contributed by atoms with E-state index < -0.39 is 0 Å². The van der Waals surface area contributed by atoms with Crippen molar-refractivity contribution in [2.45, 2.75) is 20.3 Å². The maximum Gasteiger partial charge on any atom is 0.297 e. The minimum Gasteiger partial charge on any atom is -0.507 e. The number of ether oxygens (including phenoxy) is 1. The summed E-state index contributed by atoms with van der Waals surface area (Å²) in [6, 6.07) is 14.5. The van der Waals surface area contributed by atoms with E-state index in [1.165, 1.54) is 6.21 Å². The molecule has 0 radical (unpaired) electrons.